The Balaban J connectivity index is 1.58. The van der Waals surface area contributed by atoms with Crippen molar-refractivity contribution in [3.8, 4) is 0 Å². The Hall–Kier alpha value is -3.19. The standard InChI is InChI=1S/C24H20FN3O2S/c25-16-9-4-8-15(12-16)19-20-17(10-5-11-18(20)29)26-22-21(19)23(30)28-24(27-22)31-13-14-6-2-1-3-7-14/h1-4,6-9,12,19H,5,10-11,13H2,(H2,26,27,28,30). The molecule has 0 saturated heterocycles. The Morgan fingerprint density at radius 3 is 2.71 bits per heavy atom. The zero-order valence-corrected chi connectivity index (χ0v) is 17.5. The molecule has 0 fully saturated rings. The molecular formula is C24H20FN3O2S. The number of anilines is 1. The number of carbonyl (C=O) groups is 1. The van der Waals surface area contributed by atoms with E-state index < -0.39 is 11.7 Å². The highest BCUT2D eigenvalue weighted by Crippen LogP contribution is 2.43. The molecule has 1 aliphatic heterocycles. The topological polar surface area (TPSA) is 74.8 Å². The lowest BCUT2D eigenvalue weighted by molar-refractivity contribution is -0.116. The first-order valence-corrected chi connectivity index (χ1v) is 11.2. The van der Waals surface area contributed by atoms with Crippen molar-refractivity contribution in [3.63, 3.8) is 0 Å². The van der Waals surface area contributed by atoms with Crippen LogP contribution in [0.3, 0.4) is 0 Å². The van der Waals surface area contributed by atoms with E-state index in [0.29, 0.717) is 46.3 Å². The van der Waals surface area contributed by atoms with Crippen molar-refractivity contribution in [1.29, 1.82) is 0 Å². The summed E-state index contributed by atoms with van der Waals surface area (Å²) in [7, 11) is 0. The van der Waals surface area contributed by atoms with E-state index in [9.17, 15) is 14.0 Å². The fourth-order valence-corrected chi connectivity index (χ4v) is 5.07. The Morgan fingerprint density at radius 2 is 1.90 bits per heavy atom. The summed E-state index contributed by atoms with van der Waals surface area (Å²) in [6.45, 7) is 0. The molecule has 2 aromatic carbocycles. The number of allylic oxidation sites excluding steroid dienone is 2. The molecule has 5 rings (SSSR count). The van der Waals surface area contributed by atoms with Crippen LogP contribution in [0.1, 0.15) is 41.9 Å². The van der Waals surface area contributed by atoms with Crippen LogP contribution in [0.4, 0.5) is 10.2 Å². The Labute approximate surface area is 182 Å². The summed E-state index contributed by atoms with van der Waals surface area (Å²) in [4.78, 5) is 33.5. The Morgan fingerprint density at radius 1 is 1.06 bits per heavy atom. The number of nitrogens with zero attached hydrogens (tertiary/aromatic N) is 1. The number of rotatable bonds is 4. The van der Waals surface area contributed by atoms with Crippen molar-refractivity contribution in [2.24, 2.45) is 0 Å². The van der Waals surface area contributed by atoms with Gasteiger partial charge in [0.15, 0.2) is 10.9 Å². The number of aromatic amines is 1. The largest absolute Gasteiger partial charge is 0.343 e. The first kappa shape index (κ1) is 19.8. The van der Waals surface area contributed by atoms with Crippen LogP contribution in [0, 0.1) is 5.82 Å². The molecule has 3 aromatic rings. The van der Waals surface area contributed by atoms with Crippen molar-refractivity contribution in [1.82, 2.24) is 9.97 Å². The molecule has 0 saturated carbocycles. The van der Waals surface area contributed by atoms with Gasteiger partial charge in [-0.15, -0.1) is 0 Å². The predicted octanol–water partition coefficient (Wildman–Crippen LogP) is 4.77. The molecule has 0 spiro atoms. The third-order valence-corrected chi connectivity index (χ3v) is 6.58. The monoisotopic (exact) mass is 433 g/mol. The quantitative estimate of drug-likeness (QED) is 0.458. The van der Waals surface area contributed by atoms with Crippen molar-refractivity contribution in [2.75, 3.05) is 5.32 Å². The maximum atomic E-state index is 14.0. The van der Waals surface area contributed by atoms with Crippen LogP contribution in [0.2, 0.25) is 0 Å². The van der Waals surface area contributed by atoms with Crippen molar-refractivity contribution in [3.05, 3.63) is 98.7 Å². The molecule has 0 radical (unpaired) electrons. The molecule has 156 valence electrons. The number of thioether (sulfide) groups is 1. The smallest absolute Gasteiger partial charge is 0.257 e. The van der Waals surface area contributed by atoms with Crippen LogP contribution in [0.5, 0.6) is 0 Å². The molecule has 1 atom stereocenters. The average Bonchev–Trinajstić information content (AvgIpc) is 2.77. The van der Waals surface area contributed by atoms with Crippen LogP contribution in [-0.2, 0) is 10.5 Å². The molecule has 2 N–H and O–H groups in total. The fourth-order valence-electron chi connectivity index (χ4n) is 4.25. The molecule has 0 amide bonds. The van der Waals surface area contributed by atoms with Gasteiger partial charge in [0.25, 0.3) is 5.56 Å². The molecule has 1 aliphatic carbocycles. The summed E-state index contributed by atoms with van der Waals surface area (Å²) in [6, 6.07) is 16.0. The number of hydrogen-bond donors (Lipinski definition) is 2. The van der Waals surface area contributed by atoms with Gasteiger partial charge in [0.1, 0.15) is 11.6 Å². The lowest BCUT2D eigenvalue weighted by Crippen LogP contribution is -2.32. The summed E-state index contributed by atoms with van der Waals surface area (Å²) < 4.78 is 14.0. The van der Waals surface area contributed by atoms with Gasteiger partial charge in [0.2, 0.25) is 0 Å². The molecular weight excluding hydrogens is 413 g/mol. The minimum absolute atomic E-state index is 0.00408. The second kappa shape index (κ2) is 8.15. The number of aromatic nitrogens is 2. The Kier molecular flexibility index (Phi) is 5.19. The third-order valence-electron chi connectivity index (χ3n) is 5.64. The van der Waals surface area contributed by atoms with Gasteiger partial charge in [-0.05, 0) is 36.1 Å². The van der Waals surface area contributed by atoms with E-state index in [1.807, 2.05) is 30.3 Å². The second-order valence-corrected chi connectivity index (χ2v) is 8.65. The van der Waals surface area contributed by atoms with E-state index >= 15 is 0 Å². The second-order valence-electron chi connectivity index (χ2n) is 7.69. The zero-order chi connectivity index (χ0) is 21.4. The van der Waals surface area contributed by atoms with Crippen molar-refractivity contribution < 1.29 is 9.18 Å². The first-order chi connectivity index (χ1) is 15.1. The van der Waals surface area contributed by atoms with Crippen LogP contribution in [0.15, 0.2) is 75.8 Å². The number of fused-ring (bicyclic) bond motifs is 1. The van der Waals surface area contributed by atoms with Gasteiger partial charge >= 0.3 is 0 Å². The lowest BCUT2D eigenvalue weighted by atomic mass is 9.76. The summed E-state index contributed by atoms with van der Waals surface area (Å²) in [5, 5.41) is 3.75. The molecule has 2 aliphatic rings. The first-order valence-electron chi connectivity index (χ1n) is 10.2. The average molecular weight is 434 g/mol. The molecule has 1 unspecified atom stereocenters. The predicted molar refractivity (Wildman–Crippen MR) is 119 cm³/mol. The number of Topliss-reactive ketones (excluding diaryl/α,β-unsaturated/α-hetero) is 1. The van der Waals surface area contributed by atoms with Crippen LogP contribution in [-0.4, -0.2) is 15.8 Å². The fraction of sp³-hybridized carbons (Fsp3) is 0.208. The molecule has 31 heavy (non-hydrogen) atoms. The number of carbonyl (C=O) groups excluding carboxylic acids is 1. The normalized spacial score (nSPS) is 17.7. The summed E-state index contributed by atoms with van der Waals surface area (Å²) in [6.07, 6.45) is 1.87. The molecule has 7 heteroatoms. The number of benzene rings is 2. The van der Waals surface area contributed by atoms with E-state index in [0.717, 1.165) is 17.7 Å². The minimum atomic E-state index is -0.626. The number of hydrogen-bond acceptors (Lipinski definition) is 5. The van der Waals surface area contributed by atoms with Crippen molar-refractivity contribution >= 4 is 23.4 Å². The maximum absolute atomic E-state index is 14.0. The van der Waals surface area contributed by atoms with Crippen molar-refractivity contribution in [2.45, 2.75) is 36.1 Å². The van der Waals surface area contributed by atoms with E-state index in [1.54, 1.807) is 12.1 Å². The van der Waals surface area contributed by atoms with Gasteiger partial charge in [-0.1, -0.05) is 54.2 Å². The molecule has 1 aromatic heterocycles. The van der Waals surface area contributed by atoms with Gasteiger partial charge in [0, 0.05) is 29.4 Å². The van der Waals surface area contributed by atoms with Crippen LogP contribution < -0.4 is 10.9 Å². The third kappa shape index (κ3) is 3.81. The summed E-state index contributed by atoms with van der Waals surface area (Å²) in [5.41, 5.74) is 3.11. The summed E-state index contributed by atoms with van der Waals surface area (Å²) in [5.74, 6) is 0.0849. The molecule has 2 heterocycles. The Bertz CT molecular complexity index is 1250. The van der Waals surface area contributed by atoms with E-state index in [-0.39, 0.29) is 11.3 Å². The van der Waals surface area contributed by atoms with Crippen LogP contribution in [0.25, 0.3) is 0 Å². The molecule has 0 bridgehead atoms. The SMILES string of the molecule is O=C1CCCC2=C1C(c1cccc(F)c1)c1c(nc(SCc3ccccc3)[nH]c1=O)N2. The highest BCUT2D eigenvalue weighted by Gasteiger charge is 2.37. The maximum Gasteiger partial charge on any atom is 0.257 e. The van der Waals surface area contributed by atoms with Gasteiger partial charge in [-0.25, -0.2) is 9.37 Å². The molecule has 5 nitrogen and oxygen atoms in total. The lowest BCUT2D eigenvalue weighted by Gasteiger charge is -2.32. The van der Waals surface area contributed by atoms with Gasteiger partial charge < -0.3 is 10.3 Å². The van der Waals surface area contributed by atoms with Gasteiger partial charge in [-0.3, -0.25) is 9.59 Å². The summed E-state index contributed by atoms with van der Waals surface area (Å²) >= 11 is 1.44. The van der Waals surface area contributed by atoms with Crippen LogP contribution >= 0.6 is 11.8 Å². The highest BCUT2D eigenvalue weighted by atomic mass is 32.2. The highest BCUT2D eigenvalue weighted by molar-refractivity contribution is 7.98. The zero-order valence-electron chi connectivity index (χ0n) is 16.7. The van der Waals surface area contributed by atoms with E-state index in [4.69, 9.17) is 0 Å². The number of halogens is 1. The number of ketones is 1. The minimum Gasteiger partial charge on any atom is -0.343 e. The van der Waals surface area contributed by atoms with E-state index in [2.05, 4.69) is 15.3 Å². The van der Waals surface area contributed by atoms with Gasteiger partial charge in [0.05, 0.1) is 5.56 Å². The van der Waals surface area contributed by atoms with E-state index in [1.165, 1.54) is 23.9 Å². The number of H-pyrrole nitrogens is 1. The number of nitrogens with one attached hydrogen (secondary N) is 2. The van der Waals surface area contributed by atoms with Gasteiger partial charge in [-0.2, -0.15) is 0 Å².